The highest BCUT2D eigenvalue weighted by Gasteiger charge is 2.39. The van der Waals surface area contributed by atoms with E-state index in [4.69, 9.17) is 0 Å². The molecule has 7 heteroatoms. The molecule has 0 aliphatic carbocycles. The summed E-state index contributed by atoms with van der Waals surface area (Å²) in [6, 6.07) is 9.86. The second kappa shape index (κ2) is 8.30. The highest BCUT2D eigenvalue weighted by atomic mass is 32.1. The number of aromatic hydroxyl groups is 1. The Morgan fingerprint density at radius 2 is 1.78 bits per heavy atom. The van der Waals surface area contributed by atoms with Crippen molar-refractivity contribution in [3.05, 3.63) is 48.8 Å². The van der Waals surface area contributed by atoms with E-state index in [1.54, 1.807) is 18.3 Å². The Morgan fingerprint density at radius 3 is 2.38 bits per heavy atom. The van der Waals surface area contributed by atoms with E-state index in [1.165, 1.54) is 11.3 Å². The van der Waals surface area contributed by atoms with Crippen LogP contribution in [0.25, 0.3) is 27.8 Å². The molecule has 3 aromatic rings. The van der Waals surface area contributed by atoms with Crippen LogP contribution in [0.2, 0.25) is 0 Å². The highest BCUT2D eigenvalue weighted by molar-refractivity contribution is 7.18. The normalized spacial score (nSPS) is 17.8. The second-order valence-electron chi connectivity index (χ2n) is 9.86. The largest absolute Gasteiger partial charge is 0.507 e. The lowest BCUT2D eigenvalue weighted by atomic mass is 9.79. The van der Waals surface area contributed by atoms with Gasteiger partial charge in [0.2, 0.25) is 5.13 Å². The number of piperidine rings is 1. The summed E-state index contributed by atoms with van der Waals surface area (Å²) in [6.45, 7) is 12.7. The summed E-state index contributed by atoms with van der Waals surface area (Å²) in [5, 5.41) is 24.9. The van der Waals surface area contributed by atoms with Crippen LogP contribution in [0, 0.1) is 0 Å². The van der Waals surface area contributed by atoms with Crippen molar-refractivity contribution in [2.24, 2.45) is 0 Å². The Hall–Kier alpha value is -2.77. The van der Waals surface area contributed by atoms with Crippen LogP contribution in [0.3, 0.4) is 0 Å². The smallest absolute Gasteiger partial charge is 0.208 e. The van der Waals surface area contributed by atoms with Gasteiger partial charge in [0.1, 0.15) is 5.75 Å². The van der Waals surface area contributed by atoms with Crippen molar-refractivity contribution >= 4 is 22.5 Å². The highest BCUT2D eigenvalue weighted by Crippen LogP contribution is 2.39. The molecular weight excluding hydrogens is 418 g/mol. The summed E-state index contributed by atoms with van der Waals surface area (Å²) in [4.78, 5) is 6.58. The lowest BCUT2D eigenvalue weighted by Crippen LogP contribution is -2.61. The zero-order chi connectivity index (χ0) is 23.1. The Kier molecular flexibility index (Phi) is 5.81. The molecule has 0 atom stereocenters. The minimum Gasteiger partial charge on any atom is -0.507 e. The van der Waals surface area contributed by atoms with Crippen molar-refractivity contribution in [1.29, 1.82) is 0 Å². The van der Waals surface area contributed by atoms with E-state index < -0.39 is 0 Å². The van der Waals surface area contributed by atoms with Crippen molar-refractivity contribution in [2.45, 2.75) is 57.7 Å². The van der Waals surface area contributed by atoms with Crippen molar-refractivity contribution in [3.63, 3.8) is 0 Å². The predicted molar refractivity (Wildman–Crippen MR) is 133 cm³/mol. The first-order valence-corrected chi connectivity index (χ1v) is 11.7. The standard InChI is InChI=1S/C25H31N5OS/c1-7-18-10-8-17(15-26-18)16-9-11-20(21(31)12-16)22-27-28-23(32-22)30(6)19-13-24(2,3)29-25(4,5)14-19/h7-12,15,19,29,31H,1,13-14H2,2-6H3. The molecule has 3 heterocycles. The number of aromatic nitrogens is 3. The molecule has 0 saturated carbocycles. The third-order valence-corrected chi connectivity index (χ3v) is 7.04. The minimum absolute atomic E-state index is 0.0566. The van der Waals surface area contributed by atoms with Crippen LogP contribution in [0.4, 0.5) is 5.13 Å². The average Bonchev–Trinajstić information content (AvgIpc) is 3.21. The molecule has 2 aromatic heterocycles. The Labute approximate surface area is 194 Å². The van der Waals surface area contributed by atoms with Crippen LogP contribution in [0.5, 0.6) is 5.75 Å². The number of hydrogen-bond donors (Lipinski definition) is 2. The number of phenols is 1. The van der Waals surface area contributed by atoms with Crippen molar-refractivity contribution in [1.82, 2.24) is 20.5 Å². The van der Waals surface area contributed by atoms with Gasteiger partial charge in [-0.3, -0.25) is 4.98 Å². The average molecular weight is 450 g/mol. The lowest BCUT2D eigenvalue weighted by molar-refractivity contribution is 0.161. The minimum atomic E-state index is 0.0566. The van der Waals surface area contributed by atoms with Crippen molar-refractivity contribution < 1.29 is 5.11 Å². The molecule has 1 aliphatic heterocycles. The van der Waals surface area contributed by atoms with Gasteiger partial charge in [-0.15, -0.1) is 10.2 Å². The number of benzene rings is 1. The monoisotopic (exact) mass is 449 g/mol. The van der Waals surface area contributed by atoms with Gasteiger partial charge in [-0.1, -0.05) is 30.0 Å². The van der Waals surface area contributed by atoms with Crippen LogP contribution >= 0.6 is 11.3 Å². The summed E-state index contributed by atoms with van der Waals surface area (Å²) >= 11 is 1.51. The molecule has 1 saturated heterocycles. The fourth-order valence-corrected chi connectivity index (χ4v) is 5.67. The maximum Gasteiger partial charge on any atom is 0.208 e. The predicted octanol–water partition coefficient (Wildman–Crippen LogP) is 5.36. The quantitative estimate of drug-likeness (QED) is 0.546. The topological polar surface area (TPSA) is 74.2 Å². The molecule has 2 N–H and O–H groups in total. The number of phenolic OH excluding ortho intramolecular Hbond substituents is 1. The Bertz CT molecular complexity index is 1100. The fourth-order valence-electron chi connectivity index (χ4n) is 4.75. The number of rotatable bonds is 5. The maximum atomic E-state index is 10.7. The van der Waals surface area contributed by atoms with Crippen LogP contribution in [-0.4, -0.2) is 44.5 Å². The van der Waals surface area contributed by atoms with Crippen molar-refractivity contribution in [2.75, 3.05) is 11.9 Å². The van der Waals surface area contributed by atoms with Crippen molar-refractivity contribution in [3.8, 4) is 27.4 Å². The molecule has 32 heavy (non-hydrogen) atoms. The molecule has 4 rings (SSSR count). The van der Waals surface area contributed by atoms with E-state index in [0.29, 0.717) is 16.6 Å². The van der Waals surface area contributed by atoms with E-state index in [0.717, 1.165) is 34.8 Å². The maximum absolute atomic E-state index is 10.7. The molecule has 0 bridgehead atoms. The van der Waals surface area contributed by atoms with E-state index in [1.807, 2.05) is 24.3 Å². The summed E-state index contributed by atoms with van der Waals surface area (Å²) in [6.07, 6.45) is 5.55. The van der Waals surface area contributed by atoms with E-state index in [9.17, 15) is 5.11 Å². The number of anilines is 1. The summed E-state index contributed by atoms with van der Waals surface area (Å²) in [5.74, 6) is 0.185. The number of nitrogens with one attached hydrogen (secondary N) is 1. The van der Waals surface area contributed by atoms with Crippen LogP contribution < -0.4 is 10.2 Å². The summed E-state index contributed by atoms with van der Waals surface area (Å²) in [5.41, 5.74) is 3.46. The van der Waals surface area contributed by atoms with Gasteiger partial charge in [-0.2, -0.15) is 0 Å². The summed E-state index contributed by atoms with van der Waals surface area (Å²) < 4.78 is 0. The molecule has 1 aromatic carbocycles. The van der Waals surface area contributed by atoms with E-state index in [-0.39, 0.29) is 16.8 Å². The van der Waals surface area contributed by atoms with Gasteiger partial charge in [-0.05, 0) is 70.4 Å². The molecular formula is C25H31N5OS. The Morgan fingerprint density at radius 1 is 1.09 bits per heavy atom. The zero-order valence-corrected chi connectivity index (χ0v) is 20.2. The molecule has 0 radical (unpaired) electrons. The van der Waals surface area contributed by atoms with Gasteiger partial charge in [0.05, 0.1) is 11.3 Å². The second-order valence-corrected chi connectivity index (χ2v) is 10.8. The molecule has 0 unspecified atom stereocenters. The molecule has 1 fully saturated rings. The van der Waals surface area contributed by atoms with Crippen LogP contribution in [-0.2, 0) is 0 Å². The van der Waals surface area contributed by atoms with Gasteiger partial charge >= 0.3 is 0 Å². The first kappa shape index (κ1) is 22.4. The summed E-state index contributed by atoms with van der Waals surface area (Å²) in [7, 11) is 2.09. The number of nitrogens with zero attached hydrogens (tertiary/aromatic N) is 4. The van der Waals surface area contributed by atoms with E-state index in [2.05, 4.69) is 66.7 Å². The first-order valence-electron chi connectivity index (χ1n) is 10.8. The third kappa shape index (κ3) is 4.69. The zero-order valence-electron chi connectivity index (χ0n) is 19.4. The molecule has 6 nitrogen and oxygen atoms in total. The van der Waals surface area contributed by atoms with Gasteiger partial charge in [0, 0.05) is 35.9 Å². The first-order chi connectivity index (χ1) is 15.1. The molecule has 1 aliphatic rings. The Balaban J connectivity index is 1.56. The van der Waals surface area contributed by atoms with Gasteiger partial charge < -0.3 is 15.3 Å². The molecule has 168 valence electrons. The fraction of sp³-hybridized carbons (Fsp3) is 0.400. The lowest BCUT2D eigenvalue weighted by Gasteiger charge is -2.48. The van der Waals surface area contributed by atoms with Gasteiger partial charge in [0.15, 0.2) is 5.01 Å². The number of hydrogen-bond acceptors (Lipinski definition) is 7. The van der Waals surface area contributed by atoms with Crippen LogP contribution in [0.15, 0.2) is 43.1 Å². The van der Waals surface area contributed by atoms with Gasteiger partial charge in [-0.25, -0.2) is 0 Å². The van der Waals surface area contributed by atoms with E-state index >= 15 is 0 Å². The third-order valence-electron chi connectivity index (χ3n) is 5.99. The van der Waals surface area contributed by atoms with Gasteiger partial charge in [0.25, 0.3) is 0 Å². The van der Waals surface area contributed by atoms with Crippen LogP contribution in [0.1, 0.15) is 46.2 Å². The number of pyridine rings is 1. The molecule has 0 spiro atoms. The SMILES string of the molecule is C=Cc1ccc(-c2ccc(-c3nnc(N(C)C4CC(C)(C)NC(C)(C)C4)s3)c(O)c2)cn1. The molecule has 0 amide bonds.